The molecule has 1 aromatic carbocycles. The van der Waals surface area contributed by atoms with Crippen LogP contribution >= 0.6 is 0 Å². The average molecular weight is 244 g/mol. The molecule has 2 aromatic rings. The molecular formula is C14H16N2O2. The van der Waals surface area contributed by atoms with Crippen molar-refractivity contribution in [3.63, 3.8) is 0 Å². The molecule has 0 amide bonds. The number of benzene rings is 1. The summed E-state index contributed by atoms with van der Waals surface area (Å²) in [6.07, 6.45) is 3.06. The summed E-state index contributed by atoms with van der Waals surface area (Å²) in [6, 6.07) is 10.0. The smallest absolute Gasteiger partial charge is 0.229 e. The third kappa shape index (κ3) is 2.76. The van der Waals surface area contributed by atoms with Gasteiger partial charge in [0.1, 0.15) is 0 Å². The van der Waals surface area contributed by atoms with Crippen molar-refractivity contribution < 1.29 is 9.63 Å². The maximum Gasteiger partial charge on any atom is 0.229 e. The summed E-state index contributed by atoms with van der Waals surface area (Å²) in [5.74, 6) is 1.66. The molecule has 1 fully saturated rings. The highest BCUT2D eigenvalue weighted by Crippen LogP contribution is 2.33. The first-order chi connectivity index (χ1) is 8.81. The molecule has 3 rings (SSSR count). The van der Waals surface area contributed by atoms with E-state index in [-0.39, 0.29) is 6.10 Å². The summed E-state index contributed by atoms with van der Waals surface area (Å²) in [4.78, 5) is 4.32. The van der Waals surface area contributed by atoms with Crippen molar-refractivity contribution in [1.82, 2.24) is 10.1 Å². The Morgan fingerprint density at radius 2 is 2.06 bits per heavy atom. The van der Waals surface area contributed by atoms with Gasteiger partial charge in [-0.2, -0.15) is 4.98 Å². The zero-order valence-corrected chi connectivity index (χ0v) is 10.1. The summed E-state index contributed by atoms with van der Waals surface area (Å²) in [5, 5.41) is 13.8. The van der Waals surface area contributed by atoms with Crippen molar-refractivity contribution in [2.75, 3.05) is 0 Å². The van der Waals surface area contributed by atoms with Crippen molar-refractivity contribution in [3.8, 4) is 0 Å². The van der Waals surface area contributed by atoms with Crippen LogP contribution < -0.4 is 0 Å². The predicted molar refractivity (Wildman–Crippen MR) is 66.0 cm³/mol. The summed E-state index contributed by atoms with van der Waals surface area (Å²) >= 11 is 0. The van der Waals surface area contributed by atoms with Crippen molar-refractivity contribution in [3.05, 3.63) is 47.6 Å². The molecule has 4 nitrogen and oxygen atoms in total. The molecule has 0 saturated heterocycles. The van der Waals surface area contributed by atoms with Gasteiger partial charge in [-0.25, -0.2) is 0 Å². The lowest BCUT2D eigenvalue weighted by Crippen LogP contribution is -2.12. The van der Waals surface area contributed by atoms with E-state index < -0.39 is 0 Å². The van der Waals surface area contributed by atoms with Gasteiger partial charge in [0.2, 0.25) is 5.89 Å². The predicted octanol–water partition coefficient (Wildman–Crippen LogP) is 1.97. The van der Waals surface area contributed by atoms with E-state index in [1.165, 1.54) is 0 Å². The van der Waals surface area contributed by atoms with Crippen molar-refractivity contribution in [2.24, 2.45) is 5.92 Å². The molecule has 0 radical (unpaired) electrons. The van der Waals surface area contributed by atoms with Crippen LogP contribution in [-0.4, -0.2) is 21.4 Å². The number of aliphatic hydroxyl groups excluding tert-OH is 1. The van der Waals surface area contributed by atoms with Crippen LogP contribution in [0.2, 0.25) is 0 Å². The second-order valence-electron chi connectivity index (χ2n) is 4.88. The summed E-state index contributed by atoms with van der Waals surface area (Å²) in [5.41, 5.74) is 1.16. The standard InChI is InChI=1S/C14H16N2O2/c17-12(11-6-7-11)9-14-15-13(16-18-14)8-10-4-2-1-3-5-10/h1-5,11-12,17H,6-9H2. The van der Waals surface area contributed by atoms with Crippen LogP contribution in [0.25, 0.3) is 0 Å². The SMILES string of the molecule is OC(Cc1nc(Cc2ccccc2)no1)C1CC1. The van der Waals surface area contributed by atoms with Crippen LogP contribution in [0, 0.1) is 5.92 Å². The van der Waals surface area contributed by atoms with Gasteiger partial charge in [-0.15, -0.1) is 0 Å². The number of aliphatic hydroxyl groups is 1. The van der Waals surface area contributed by atoms with Gasteiger partial charge in [0.05, 0.1) is 12.5 Å². The molecule has 18 heavy (non-hydrogen) atoms. The Balaban J connectivity index is 1.62. The van der Waals surface area contributed by atoms with Crippen LogP contribution in [0.1, 0.15) is 30.1 Å². The Bertz CT molecular complexity index is 506. The lowest BCUT2D eigenvalue weighted by atomic mass is 10.1. The minimum atomic E-state index is -0.324. The van der Waals surface area contributed by atoms with Crippen molar-refractivity contribution in [2.45, 2.75) is 31.8 Å². The minimum absolute atomic E-state index is 0.324. The molecular weight excluding hydrogens is 228 g/mol. The molecule has 1 saturated carbocycles. The first-order valence-corrected chi connectivity index (χ1v) is 6.35. The van der Waals surface area contributed by atoms with E-state index in [1.807, 2.05) is 30.3 Å². The molecule has 0 bridgehead atoms. The van der Waals surface area contributed by atoms with Gasteiger partial charge in [0.25, 0.3) is 0 Å². The van der Waals surface area contributed by atoms with Crippen LogP contribution in [0.3, 0.4) is 0 Å². The Morgan fingerprint density at radius 1 is 1.28 bits per heavy atom. The summed E-state index contributed by atoms with van der Waals surface area (Å²) in [6.45, 7) is 0. The Hall–Kier alpha value is -1.68. The van der Waals surface area contributed by atoms with E-state index in [2.05, 4.69) is 10.1 Å². The number of rotatable bonds is 5. The van der Waals surface area contributed by atoms with Crippen molar-refractivity contribution in [1.29, 1.82) is 0 Å². The Labute approximate surface area is 106 Å². The number of hydrogen-bond acceptors (Lipinski definition) is 4. The molecule has 0 spiro atoms. The van der Waals surface area contributed by atoms with E-state index in [4.69, 9.17) is 4.52 Å². The number of nitrogens with zero attached hydrogens (tertiary/aromatic N) is 2. The second-order valence-corrected chi connectivity index (χ2v) is 4.88. The number of hydrogen-bond donors (Lipinski definition) is 1. The van der Waals surface area contributed by atoms with Gasteiger partial charge >= 0.3 is 0 Å². The molecule has 1 aliphatic rings. The van der Waals surface area contributed by atoms with Crippen LogP contribution in [-0.2, 0) is 12.8 Å². The number of aromatic nitrogens is 2. The van der Waals surface area contributed by atoms with Crippen LogP contribution in [0.15, 0.2) is 34.9 Å². The van der Waals surface area contributed by atoms with Gasteiger partial charge in [-0.3, -0.25) is 0 Å². The highest BCUT2D eigenvalue weighted by Gasteiger charge is 2.30. The fraction of sp³-hybridized carbons (Fsp3) is 0.429. The first-order valence-electron chi connectivity index (χ1n) is 6.35. The van der Waals surface area contributed by atoms with Gasteiger partial charge in [0, 0.05) is 6.42 Å². The van der Waals surface area contributed by atoms with E-state index >= 15 is 0 Å². The Kier molecular flexibility index (Phi) is 3.11. The fourth-order valence-electron chi connectivity index (χ4n) is 2.05. The van der Waals surface area contributed by atoms with E-state index in [0.29, 0.717) is 30.5 Å². The maximum absolute atomic E-state index is 9.81. The molecule has 1 aromatic heterocycles. The molecule has 94 valence electrons. The zero-order valence-electron chi connectivity index (χ0n) is 10.1. The average Bonchev–Trinajstić information content (AvgIpc) is 3.15. The quantitative estimate of drug-likeness (QED) is 0.873. The molecule has 0 aliphatic heterocycles. The minimum Gasteiger partial charge on any atom is -0.392 e. The van der Waals surface area contributed by atoms with Gasteiger partial charge in [-0.05, 0) is 24.3 Å². The monoisotopic (exact) mass is 244 g/mol. The largest absolute Gasteiger partial charge is 0.392 e. The van der Waals surface area contributed by atoms with E-state index in [9.17, 15) is 5.11 Å². The summed E-state index contributed by atoms with van der Waals surface area (Å²) in [7, 11) is 0. The van der Waals surface area contributed by atoms with Crippen LogP contribution in [0.4, 0.5) is 0 Å². The van der Waals surface area contributed by atoms with Crippen LogP contribution in [0.5, 0.6) is 0 Å². The highest BCUT2D eigenvalue weighted by molar-refractivity contribution is 5.18. The fourth-order valence-corrected chi connectivity index (χ4v) is 2.05. The molecule has 1 N–H and O–H groups in total. The maximum atomic E-state index is 9.81. The molecule has 4 heteroatoms. The Morgan fingerprint density at radius 3 is 2.78 bits per heavy atom. The van der Waals surface area contributed by atoms with Gasteiger partial charge in [-0.1, -0.05) is 35.5 Å². The molecule has 1 atom stereocenters. The van der Waals surface area contributed by atoms with Gasteiger partial charge < -0.3 is 9.63 Å². The topological polar surface area (TPSA) is 59.2 Å². The lowest BCUT2D eigenvalue weighted by molar-refractivity contribution is 0.140. The highest BCUT2D eigenvalue weighted by atomic mass is 16.5. The zero-order chi connectivity index (χ0) is 12.4. The van der Waals surface area contributed by atoms with Gasteiger partial charge in [0.15, 0.2) is 5.82 Å². The first kappa shape index (κ1) is 11.4. The van der Waals surface area contributed by atoms with E-state index in [1.54, 1.807) is 0 Å². The second kappa shape index (κ2) is 4.90. The lowest BCUT2D eigenvalue weighted by Gasteiger charge is -2.03. The summed E-state index contributed by atoms with van der Waals surface area (Å²) < 4.78 is 5.16. The third-order valence-electron chi connectivity index (χ3n) is 3.27. The van der Waals surface area contributed by atoms with Crippen molar-refractivity contribution >= 4 is 0 Å². The normalized spacial score (nSPS) is 16.7. The molecule has 1 aliphatic carbocycles. The molecule has 1 heterocycles. The van der Waals surface area contributed by atoms with E-state index in [0.717, 1.165) is 18.4 Å². The third-order valence-corrected chi connectivity index (χ3v) is 3.27. The molecule has 1 unspecified atom stereocenters.